The summed E-state index contributed by atoms with van der Waals surface area (Å²) in [6, 6.07) is 30.2. The largest absolute Gasteiger partial charge is 0.342 e. The second-order valence-corrected chi connectivity index (χ2v) is 10.6. The van der Waals surface area contributed by atoms with Crippen LogP contribution in [0, 0.1) is 5.41 Å². The smallest absolute Gasteiger partial charge is 0.283 e. The highest BCUT2D eigenvalue weighted by Gasteiger charge is 2.36. The monoisotopic (exact) mass is 545 g/mol. The maximum Gasteiger partial charge on any atom is 0.283 e. The van der Waals surface area contributed by atoms with Gasteiger partial charge in [-0.05, 0) is 46.3 Å². The number of fused-ring (bicyclic) bond motifs is 3. The molecule has 39 heavy (non-hydrogen) atoms. The molecule has 0 saturated heterocycles. The fourth-order valence-electron chi connectivity index (χ4n) is 5.03. The molecule has 0 atom stereocenters. The van der Waals surface area contributed by atoms with Crippen LogP contribution in [0.4, 0.5) is 0 Å². The molecule has 188 valence electrons. The molecule has 1 aromatic heterocycles. The Bertz CT molecular complexity index is 1930. The molecule has 6 nitrogen and oxygen atoms in total. The van der Waals surface area contributed by atoms with Gasteiger partial charge in [0.15, 0.2) is 5.84 Å². The summed E-state index contributed by atoms with van der Waals surface area (Å²) in [5.41, 5.74) is 4.03. The minimum absolute atomic E-state index is 0.00885. The molecular weight excluding hydrogens is 526 g/mol. The van der Waals surface area contributed by atoms with Crippen LogP contribution in [0.15, 0.2) is 113 Å². The SMILES string of the molecule is N=C1/C(=C/c2cn(Cc3cccc4ccccc34)c3ccccc23)C(=O)N=C2SC(c3ccccc3Cl)=NN12. The summed E-state index contributed by atoms with van der Waals surface area (Å²) >= 11 is 7.60. The van der Waals surface area contributed by atoms with Gasteiger partial charge in [0, 0.05) is 34.8 Å². The molecule has 8 heteroatoms. The molecule has 4 aromatic carbocycles. The first-order valence-corrected chi connectivity index (χ1v) is 13.6. The normalized spacial score (nSPS) is 16.2. The Balaban J connectivity index is 1.28. The highest BCUT2D eigenvalue weighted by Crippen LogP contribution is 2.34. The number of nitrogens with one attached hydrogen (secondary N) is 1. The number of benzene rings is 4. The van der Waals surface area contributed by atoms with E-state index in [4.69, 9.17) is 17.0 Å². The summed E-state index contributed by atoms with van der Waals surface area (Å²) in [5.74, 6) is -0.467. The molecule has 1 N–H and O–H groups in total. The van der Waals surface area contributed by atoms with Gasteiger partial charge in [0.1, 0.15) is 5.04 Å². The summed E-state index contributed by atoms with van der Waals surface area (Å²) in [7, 11) is 0. The Morgan fingerprint density at radius 2 is 1.64 bits per heavy atom. The van der Waals surface area contributed by atoms with E-state index in [1.54, 1.807) is 12.1 Å². The van der Waals surface area contributed by atoms with Crippen molar-refractivity contribution in [2.75, 3.05) is 0 Å². The number of hydrogen-bond acceptors (Lipinski definition) is 4. The maximum atomic E-state index is 13.1. The Hall–Kier alpha value is -4.46. The van der Waals surface area contributed by atoms with Crippen molar-refractivity contribution in [3.8, 4) is 0 Å². The summed E-state index contributed by atoms with van der Waals surface area (Å²) in [5, 5.41) is 19.7. The zero-order chi connectivity index (χ0) is 26.5. The number of hydrazone groups is 1. The predicted octanol–water partition coefficient (Wildman–Crippen LogP) is 7.16. The number of aliphatic imine (C=N–C) groups is 1. The van der Waals surface area contributed by atoms with Crippen molar-refractivity contribution in [3.63, 3.8) is 0 Å². The van der Waals surface area contributed by atoms with Crippen LogP contribution in [0.5, 0.6) is 0 Å². The lowest BCUT2D eigenvalue weighted by Gasteiger charge is -2.20. The van der Waals surface area contributed by atoms with E-state index in [1.165, 1.54) is 33.1 Å². The molecule has 0 radical (unpaired) electrons. The molecule has 3 heterocycles. The van der Waals surface area contributed by atoms with E-state index in [1.807, 2.05) is 48.7 Å². The van der Waals surface area contributed by atoms with Crippen molar-refractivity contribution in [2.24, 2.45) is 10.1 Å². The molecule has 0 saturated carbocycles. The number of amides is 1. The standard InChI is InChI=1S/C31H20ClN5OS/c32-26-14-5-3-13-24(26)30-35-37-28(33)25(29(38)34-31(37)39-30)16-21-18-36(27-15-6-4-12-23(21)27)17-20-10-7-9-19-8-1-2-11-22(19)20/h1-16,18,33H,17H2/b25-16-,33-28?. The average molecular weight is 546 g/mol. The van der Waals surface area contributed by atoms with Crippen LogP contribution in [0.3, 0.4) is 0 Å². The van der Waals surface area contributed by atoms with E-state index >= 15 is 0 Å². The number of carbonyl (C=O) groups is 1. The molecule has 0 aliphatic carbocycles. The van der Waals surface area contributed by atoms with Gasteiger partial charge in [-0.1, -0.05) is 90.5 Å². The molecule has 2 aliphatic rings. The molecule has 2 aliphatic heterocycles. The Kier molecular flexibility index (Phi) is 5.68. The van der Waals surface area contributed by atoms with Gasteiger partial charge in [-0.3, -0.25) is 10.2 Å². The van der Waals surface area contributed by atoms with Gasteiger partial charge in [-0.2, -0.15) is 15.1 Å². The van der Waals surface area contributed by atoms with Gasteiger partial charge in [0.05, 0.1) is 10.6 Å². The highest BCUT2D eigenvalue weighted by atomic mass is 35.5. The molecule has 0 bridgehead atoms. The fourth-order valence-corrected chi connectivity index (χ4v) is 6.24. The van der Waals surface area contributed by atoms with E-state index < -0.39 is 5.91 Å². The van der Waals surface area contributed by atoms with E-state index in [2.05, 4.69) is 57.1 Å². The number of rotatable bonds is 4. The topological polar surface area (TPSA) is 73.8 Å². The van der Waals surface area contributed by atoms with Crippen LogP contribution in [0.25, 0.3) is 27.8 Å². The lowest BCUT2D eigenvalue weighted by molar-refractivity contribution is -0.114. The van der Waals surface area contributed by atoms with Crippen molar-refractivity contribution in [2.45, 2.75) is 6.54 Å². The maximum absolute atomic E-state index is 13.1. The minimum Gasteiger partial charge on any atom is -0.342 e. The summed E-state index contributed by atoms with van der Waals surface area (Å²) in [4.78, 5) is 17.4. The first-order valence-electron chi connectivity index (χ1n) is 12.4. The third-order valence-electron chi connectivity index (χ3n) is 6.90. The molecule has 7 rings (SSSR count). The number of halogens is 1. The Morgan fingerprint density at radius 3 is 2.51 bits per heavy atom. The van der Waals surface area contributed by atoms with E-state index in [9.17, 15) is 4.79 Å². The third-order valence-corrected chi connectivity index (χ3v) is 8.17. The van der Waals surface area contributed by atoms with Crippen molar-refractivity contribution >= 4 is 73.1 Å². The quantitative estimate of drug-likeness (QED) is 0.243. The summed E-state index contributed by atoms with van der Waals surface area (Å²) in [6.45, 7) is 0.674. The van der Waals surface area contributed by atoms with Crippen molar-refractivity contribution in [3.05, 3.63) is 124 Å². The van der Waals surface area contributed by atoms with Crippen LogP contribution in [0.2, 0.25) is 5.02 Å². The van der Waals surface area contributed by atoms with Crippen molar-refractivity contribution < 1.29 is 4.79 Å². The molecule has 0 fully saturated rings. The number of carbonyl (C=O) groups excluding carboxylic acids is 1. The lowest BCUT2D eigenvalue weighted by atomic mass is 10.0. The van der Waals surface area contributed by atoms with Crippen molar-refractivity contribution in [1.82, 2.24) is 9.58 Å². The molecule has 5 aromatic rings. The number of amidine groups is 2. The molecular formula is C31H20ClN5OS. The van der Waals surface area contributed by atoms with Crippen LogP contribution in [-0.2, 0) is 11.3 Å². The molecule has 0 unspecified atom stereocenters. The second-order valence-electron chi connectivity index (χ2n) is 9.27. The Labute approximate surface area is 233 Å². The van der Waals surface area contributed by atoms with Crippen molar-refractivity contribution in [1.29, 1.82) is 5.41 Å². The third kappa shape index (κ3) is 4.07. The molecule has 1 amide bonds. The number of aromatic nitrogens is 1. The van der Waals surface area contributed by atoms with E-state index in [-0.39, 0.29) is 11.4 Å². The number of para-hydroxylation sites is 1. The van der Waals surface area contributed by atoms with Crippen LogP contribution in [-0.4, -0.2) is 31.5 Å². The van der Waals surface area contributed by atoms with Gasteiger partial charge >= 0.3 is 0 Å². The van der Waals surface area contributed by atoms with Gasteiger partial charge in [0.25, 0.3) is 5.91 Å². The number of hydrogen-bond donors (Lipinski definition) is 1. The second kappa shape index (κ2) is 9.38. The Morgan fingerprint density at radius 1 is 0.897 bits per heavy atom. The summed E-state index contributed by atoms with van der Waals surface area (Å²) in [6.07, 6.45) is 3.79. The zero-order valence-electron chi connectivity index (χ0n) is 20.5. The number of nitrogens with zero attached hydrogens (tertiary/aromatic N) is 4. The molecule has 0 spiro atoms. The fraction of sp³-hybridized carbons (Fsp3) is 0.0323. The van der Waals surface area contributed by atoms with Gasteiger partial charge in [-0.15, -0.1) is 0 Å². The van der Waals surface area contributed by atoms with Gasteiger partial charge in [-0.25, -0.2) is 0 Å². The first kappa shape index (κ1) is 23.6. The minimum atomic E-state index is -0.458. The lowest BCUT2D eigenvalue weighted by Crippen LogP contribution is -2.35. The van der Waals surface area contributed by atoms with Crippen LogP contribution >= 0.6 is 23.4 Å². The van der Waals surface area contributed by atoms with Crippen LogP contribution < -0.4 is 0 Å². The van der Waals surface area contributed by atoms with Gasteiger partial charge in [0.2, 0.25) is 5.17 Å². The average Bonchev–Trinajstić information content (AvgIpc) is 3.53. The first-order chi connectivity index (χ1) is 19.1. The highest BCUT2D eigenvalue weighted by molar-refractivity contribution is 8.27. The van der Waals surface area contributed by atoms with E-state index in [0.717, 1.165) is 22.0 Å². The number of thioether (sulfide) groups is 1. The zero-order valence-corrected chi connectivity index (χ0v) is 22.1. The van der Waals surface area contributed by atoms with Gasteiger partial charge < -0.3 is 4.57 Å². The van der Waals surface area contributed by atoms with Crippen LogP contribution in [0.1, 0.15) is 16.7 Å². The van der Waals surface area contributed by atoms with E-state index in [0.29, 0.717) is 21.8 Å². The predicted molar refractivity (Wildman–Crippen MR) is 161 cm³/mol. The summed E-state index contributed by atoms with van der Waals surface area (Å²) < 4.78 is 2.19.